The Bertz CT molecular complexity index is 793. The minimum Gasteiger partial charge on any atom is -0.462 e. The third-order valence-electron chi connectivity index (χ3n) is 3.86. The lowest BCUT2D eigenvalue weighted by atomic mass is 10.2. The molecule has 6 nitrogen and oxygen atoms in total. The minimum atomic E-state index is -0.439. The van der Waals surface area contributed by atoms with E-state index in [0.717, 1.165) is 6.42 Å². The lowest BCUT2D eigenvalue weighted by Gasteiger charge is -2.18. The second kappa shape index (κ2) is 7.29. The van der Waals surface area contributed by atoms with E-state index in [1.54, 1.807) is 31.2 Å². The summed E-state index contributed by atoms with van der Waals surface area (Å²) in [6.45, 7) is 2.55. The van der Waals surface area contributed by atoms with Crippen LogP contribution >= 0.6 is 0 Å². The molecule has 0 atom stereocenters. The lowest BCUT2D eigenvalue weighted by Crippen LogP contribution is -2.24. The highest BCUT2D eigenvalue weighted by molar-refractivity contribution is 5.96. The SMILES string of the molecule is CCOC(=O)c1ccc(Nc2ccc(F)c(N3CCCC3=O)c2)nc1. The van der Waals surface area contributed by atoms with Gasteiger partial charge in [-0.05, 0) is 43.7 Å². The van der Waals surface area contributed by atoms with Crippen LogP contribution in [0.15, 0.2) is 36.5 Å². The Kier molecular flexibility index (Phi) is 4.92. The first-order valence-corrected chi connectivity index (χ1v) is 8.08. The van der Waals surface area contributed by atoms with Crippen LogP contribution in [0.4, 0.5) is 21.6 Å². The lowest BCUT2D eigenvalue weighted by molar-refractivity contribution is -0.117. The highest BCUT2D eigenvalue weighted by Gasteiger charge is 2.24. The normalized spacial score (nSPS) is 13.8. The van der Waals surface area contributed by atoms with Crippen LogP contribution in [0, 0.1) is 5.82 Å². The number of pyridine rings is 1. The Hall–Kier alpha value is -2.96. The van der Waals surface area contributed by atoms with E-state index in [1.807, 2.05) is 0 Å². The van der Waals surface area contributed by atoms with Gasteiger partial charge in [-0.3, -0.25) is 4.79 Å². The van der Waals surface area contributed by atoms with Crippen molar-refractivity contribution < 1.29 is 18.7 Å². The number of amides is 1. The van der Waals surface area contributed by atoms with Gasteiger partial charge in [-0.15, -0.1) is 0 Å². The number of hydrogen-bond donors (Lipinski definition) is 1. The number of anilines is 3. The van der Waals surface area contributed by atoms with E-state index in [1.165, 1.54) is 17.2 Å². The quantitative estimate of drug-likeness (QED) is 0.844. The van der Waals surface area contributed by atoms with Crippen LogP contribution in [0.2, 0.25) is 0 Å². The number of hydrogen-bond acceptors (Lipinski definition) is 5. The number of nitrogens with one attached hydrogen (secondary N) is 1. The summed E-state index contributed by atoms with van der Waals surface area (Å²) in [4.78, 5) is 29.1. The fourth-order valence-corrected chi connectivity index (χ4v) is 2.65. The van der Waals surface area contributed by atoms with Gasteiger partial charge in [0.1, 0.15) is 11.6 Å². The number of aromatic nitrogens is 1. The molecule has 0 bridgehead atoms. The molecule has 0 saturated carbocycles. The van der Waals surface area contributed by atoms with Crippen LogP contribution in [-0.4, -0.2) is 30.0 Å². The second-order valence-electron chi connectivity index (χ2n) is 5.59. The second-order valence-corrected chi connectivity index (χ2v) is 5.59. The molecule has 2 heterocycles. The Morgan fingerprint density at radius 2 is 2.20 bits per heavy atom. The van der Waals surface area contributed by atoms with Crippen molar-refractivity contribution in [2.45, 2.75) is 19.8 Å². The van der Waals surface area contributed by atoms with Crippen LogP contribution in [0.1, 0.15) is 30.1 Å². The summed E-state index contributed by atoms with van der Waals surface area (Å²) < 4.78 is 19.0. The van der Waals surface area contributed by atoms with Crippen molar-refractivity contribution in [1.29, 1.82) is 0 Å². The van der Waals surface area contributed by atoms with Crippen molar-refractivity contribution in [3.63, 3.8) is 0 Å². The van der Waals surface area contributed by atoms with Crippen molar-refractivity contribution in [2.75, 3.05) is 23.4 Å². The third kappa shape index (κ3) is 3.76. The number of nitrogens with zero attached hydrogens (tertiary/aromatic N) is 2. The topological polar surface area (TPSA) is 71.5 Å². The van der Waals surface area contributed by atoms with Crippen LogP contribution < -0.4 is 10.2 Å². The van der Waals surface area contributed by atoms with Gasteiger partial charge >= 0.3 is 5.97 Å². The molecule has 3 rings (SSSR count). The summed E-state index contributed by atoms with van der Waals surface area (Å²) in [7, 11) is 0. The van der Waals surface area contributed by atoms with Crippen molar-refractivity contribution in [3.8, 4) is 0 Å². The molecule has 1 aromatic carbocycles. The van der Waals surface area contributed by atoms with Gasteiger partial charge in [0.25, 0.3) is 0 Å². The average molecular weight is 343 g/mol. The monoisotopic (exact) mass is 343 g/mol. The maximum atomic E-state index is 14.1. The Labute approximate surface area is 144 Å². The van der Waals surface area contributed by atoms with Gasteiger partial charge < -0.3 is 15.0 Å². The number of halogens is 1. The summed E-state index contributed by atoms with van der Waals surface area (Å²) in [5.74, 6) is -0.448. The zero-order valence-electron chi connectivity index (χ0n) is 13.8. The first-order chi connectivity index (χ1) is 12.1. The molecule has 130 valence electrons. The van der Waals surface area contributed by atoms with Gasteiger partial charge in [0.05, 0.1) is 17.9 Å². The van der Waals surface area contributed by atoms with Crippen LogP contribution in [0.25, 0.3) is 0 Å². The average Bonchev–Trinajstić information content (AvgIpc) is 3.03. The Morgan fingerprint density at radius 1 is 1.36 bits per heavy atom. The number of esters is 1. The molecule has 0 spiro atoms. The van der Waals surface area contributed by atoms with Gasteiger partial charge in [0.2, 0.25) is 5.91 Å². The van der Waals surface area contributed by atoms with E-state index >= 15 is 0 Å². The van der Waals surface area contributed by atoms with Crippen LogP contribution in [-0.2, 0) is 9.53 Å². The Morgan fingerprint density at radius 3 is 2.84 bits per heavy atom. The van der Waals surface area contributed by atoms with E-state index in [2.05, 4.69) is 10.3 Å². The molecule has 1 amide bonds. The first kappa shape index (κ1) is 16.9. The number of benzene rings is 1. The van der Waals surface area contributed by atoms with Crippen molar-refractivity contribution in [1.82, 2.24) is 4.98 Å². The van der Waals surface area contributed by atoms with Gasteiger partial charge in [0.15, 0.2) is 0 Å². The summed E-state index contributed by atoms with van der Waals surface area (Å²) in [5, 5.41) is 3.04. The molecule has 7 heteroatoms. The van der Waals surface area contributed by atoms with E-state index in [4.69, 9.17) is 4.74 Å². The number of ether oxygens (including phenoxy) is 1. The van der Waals surface area contributed by atoms with E-state index in [0.29, 0.717) is 36.6 Å². The van der Waals surface area contributed by atoms with Gasteiger partial charge in [-0.2, -0.15) is 0 Å². The number of carbonyl (C=O) groups is 2. The first-order valence-electron chi connectivity index (χ1n) is 8.08. The van der Waals surface area contributed by atoms with E-state index in [-0.39, 0.29) is 11.6 Å². The molecule has 1 aliphatic rings. The predicted octanol–water partition coefficient (Wildman–Crippen LogP) is 3.27. The van der Waals surface area contributed by atoms with Gasteiger partial charge in [-0.1, -0.05) is 0 Å². The number of rotatable bonds is 5. The fraction of sp³-hybridized carbons (Fsp3) is 0.278. The van der Waals surface area contributed by atoms with E-state index in [9.17, 15) is 14.0 Å². The summed E-state index contributed by atoms with van der Waals surface area (Å²) >= 11 is 0. The maximum Gasteiger partial charge on any atom is 0.339 e. The maximum absolute atomic E-state index is 14.1. The minimum absolute atomic E-state index is 0.0760. The molecule has 0 aliphatic carbocycles. The standard InChI is InChI=1S/C18H18FN3O3/c1-2-25-18(24)12-5-8-16(20-11-12)21-13-6-7-14(19)15(10-13)22-9-3-4-17(22)23/h5-8,10-11H,2-4,9H2,1H3,(H,20,21). The molecule has 25 heavy (non-hydrogen) atoms. The predicted molar refractivity (Wildman–Crippen MR) is 91.5 cm³/mol. The number of carbonyl (C=O) groups excluding carboxylic acids is 2. The molecule has 1 saturated heterocycles. The molecule has 1 aromatic heterocycles. The summed E-state index contributed by atoms with van der Waals surface area (Å²) in [6.07, 6.45) is 2.58. The molecular formula is C18H18FN3O3. The third-order valence-corrected chi connectivity index (χ3v) is 3.86. The zero-order valence-corrected chi connectivity index (χ0v) is 13.8. The molecule has 1 fully saturated rings. The van der Waals surface area contributed by atoms with Crippen LogP contribution in [0.5, 0.6) is 0 Å². The fourth-order valence-electron chi connectivity index (χ4n) is 2.65. The van der Waals surface area contributed by atoms with Crippen molar-refractivity contribution >= 4 is 29.1 Å². The summed E-state index contributed by atoms with van der Waals surface area (Å²) in [6, 6.07) is 7.70. The van der Waals surface area contributed by atoms with Crippen LogP contribution in [0.3, 0.4) is 0 Å². The highest BCUT2D eigenvalue weighted by atomic mass is 19.1. The zero-order chi connectivity index (χ0) is 17.8. The molecular weight excluding hydrogens is 325 g/mol. The molecule has 1 aliphatic heterocycles. The molecule has 0 unspecified atom stereocenters. The smallest absolute Gasteiger partial charge is 0.339 e. The van der Waals surface area contributed by atoms with Crippen molar-refractivity contribution in [2.24, 2.45) is 0 Å². The summed E-state index contributed by atoms with van der Waals surface area (Å²) in [5.41, 5.74) is 1.22. The Balaban J connectivity index is 1.77. The van der Waals surface area contributed by atoms with Gasteiger partial charge in [-0.25, -0.2) is 14.2 Å². The highest BCUT2D eigenvalue weighted by Crippen LogP contribution is 2.28. The van der Waals surface area contributed by atoms with Gasteiger partial charge in [0, 0.05) is 24.8 Å². The van der Waals surface area contributed by atoms with Crippen molar-refractivity contribution in [3.05, 3.63) is 47.9 Å². The molecule has 2 aromatic rings. The van der Waals surface area contributed by atoms with E-state index < -0.39 is 11.8 Å². The molecule has 1 N–H and O–H groups in total. The molecule has 0 radical (unpaired) electrons. The largest absolute Gasteiger partial charge is 0.462 e.